The van der Waals surface area contributed by atoms with Crippen LogP contribution in [0.25, 0.3) is 0 Å². The number of hydrogen-bond donors (Lipinski definition) is 1. The lowest BCUT2D eigenvalue weighted by Crippen LogP contribution is -2.45. The normalized spacial score (nSPS) is 20.3. The van der Waals surface area contributed by atoms with E-state index >= 15 is 0 Å². The first-order chi connectivity index (χ1) is 11.0. The number of rotatable bonds is 5. The van der Waals surface area contributed by atoms with Crippen LogP contribution in [-0.4, -0.2) is 38.2 Å². The second-order valence-electron chi connectivity index (χ2n) is 6.44. The number of alkyl halides is 3. The van der Waals surface area contributed by atoms with Gasteiger partial charge in [0, 0.05) is 37.8 Å². The Morgan fingerprint density at radius 2 is 1.92 bits per heavy atom. The number of ether oxygens (including phenoxy) is 1. The number of benzene rings is 1. The van der Waals surface area contributed by atoms with E-state index in [-0.39, 0.29) is 18.4 Å². The van der Waals surface area contributed by atoms with Crippen molar-refractivity contribution in [2.45, 2.75) is 31.5 Å². The molecule has 3 rings (SSSR count). The average molecular weight is 365 g/mol. The fraction of sp³-hybridized carbons (Fsp3) is 0.647. The lowest BCUT2D eigenvalue weighted by atomic mass is 9.96. The van der Waals surface area contributed by atoms with E-state index in [2.05, 4.69) is 10.2 Å². The largest absolute Gasteiger partial charge is 0.496 e. The summed E-state index contributed by atoms with van der Waals surface area (Å²) in [7, 11) is 1.45. The zero-order valence-electron chi connectivity index (χ0n) is 13.7. The summed E-state index contributed by atoms with van der Waals surface area (Å²) in [6, 6.07) is 4.07. The van der Waals surface area contributed by atoms with Gasteiger partial charge in [-0.05, 0) is 24.5 Å². The molecule has 1 atom stereocenters. The second-order valence-corrected chi connectivity index (χ2v) is 6.44. The molecule has 0 unspecified atom stereocenters. The van der Waals surface area contributed by atoms with Crippen LogP contribution in [0.1, 0.15) is 36.4 Å². The Kier molecular flexibility index (Phi) is 6.39. The first-order valence-corrected chi connectivity index (χ1v) is 8.19. The molecule has 0 amide bonds. The molecule has 0 bridgehead atoms. The highest BCUT2D eigenvalue weighted by molar-refractivity contribution is 5.85. The van der Waals surface area contributed by atoms with Crippen LogP contribution in [0.5, 0.6) is 5.75 Å². The van der Waals surface area contributed by atoms with Crippen LogP contribution >= 0.6 is 12.4 Å². The van der Waals surface area contributed by atoms with Crippen LogP contribution in [-0.2, 0) is 6.18 Å². The van der Waals surface area contributed by atoms with Crippen LogP contribution < -0.4 is 10.1 Å². The summed E-state index contributed by atoms with van der Waals surface area (Å²) in [6.07, 6.45) is -0.883. The van der Waals surface area contributed by atoms with E-state index in [9.17, 15) is 13.2 Å². The van der Waals surface area contributed by atoms with Gasteiger partial charge in [-0.2, -0.15) is 13.2 Å². The molecule has 1 aliphatic heterocycles. The fourth-order valence-corrected chi connectivity index (χ4v) is 3.30. The smallest absolute Gasteiger partial charge is 0.416 e. The summed E-state index contributed by atoms with van der Waals surface area (Å²) in [5.41, 5.74) is 0.234. The van der Waals surface area contributed by atoms with Crippen molar-refractivity contribution in [1.29, 1.82) is 0 Å². The van der Waals surface area contributed by atoms with Crippen LogP contribution in [0.4, 0.5) is 13.2 Å². The first-order valence-electron chi connectivity index (χ1n) is 8.19. The summed E-state index contributed by atoms with van der Waals surface area (Å²) in [5, 5.41) is 3.33. The number of hydrogen-bond acceptors (Lipinski definition) is 3. The molecular formula is C17H24ClF3N2O. The molecule has 1 saturated heterocycles. The highest BCUT2D eigenvalue weighted by atomic mass is 35.5. The number of nitrogens with one attached hydrogen (secondary N) is 1. The van der Waals surface area contributed by atoms with Crippen molar-refractivity contribution < 1.29 is 17.9 Å². The molecular weight excluding hydrogens is 341 g/mol. The van der Waals surface area contributed by atoms with E-state index in [4.69, 9.17) is 4.74 Å². The maximum Gasteiger partial charge on any atom is 0.416 e. The number of piperazine rings is 1. The maximum atomic E-state index is 12.9. The van der Waals surface area contributed by atoms with Gasteiger partial charge in [0.25, 0.3) is 0 Å². The van der Waals surface area contributed by atoms with E-state index in [1.54, 1.807) is 6.07 Å². The molecule has 1 heterocycles. The molecule has 1 N–H and O–H groups in total. The van der Waals surface area contributed by atoms with Crippen molar-refractivity contribution in [3.63, 3.8) is 0 Å². The van der Waals surface area contributed by atoms with Gasteiger partial charge < -0.3 is 10.1 Å². The van der Waals surface area contributed by atoms with Gasteiger partial charge in [0.05, 0.1) is 12.7 Å². The van der Waals surface area contributed by atoms with Crippen molar-refractivity contribution in [1.82, 2.24) is 10.2 Å². The zero-order chi connectivity index (χ0) is 16.4. The minimum Gasteiger partial charge on any atom is -0.496 e. The summed E-state index contributed by atoms with van der Waals surface area (Å²) < 4.78 is 44.1. The number of methoxy groups -OCH3 is 1. The number of nitrogens with zero attached hydrogens (tertiary/aromatic N) is 1. The highest BCUT2D eigenvalue weighted by Gasteiger charge is 2.35. The molecule has 1 aliphatic carbocycles. The van der Waals surface area contributed by atoms with E-state index < -0.39 is 11.7 Å². The standard InChI is InChI=1S/C17H23F3N2O.ClH/c1-23-16-11-13(17(18,19)20)4-5-14(16)15(10-12-2-3-12)22-8-6-21-7-9-22;/h4-5,11-12,15,21H,2-3,6-10H2,1H3;1H/t15-;/m1./s1. The van der Waals surface area contributed by atoms with Crippen LogP contribution in [0.2, 0.25) is 0 Å². The third-order valence-electron chi connectivity index (χ3n) is 4.77. The predicted molar refractivity (Wildman–Crippen MR) is 89.8 cm³/mol. The van der Waals surface area contributed by atoms with Crippen molar-refractivity contribution >= 4 is 12.4 Å². The van der Waals surface area contributed by atoms with Crippen LogP contribution in [0, 0.1) is 5.92 Å². The molecule has 24 heavy (non-hydrogen) atoms. The molecule has 1 aromatic rings. The molecule has 0 radical (unpaired) electrons. The molecule has 2 aliphatic rings. The van der Waals surface area contributed by atoms with Crippen molar-refractivity contribution in [2.24, 2.45) is 5.92 Å². The number of halogens is 4. The van der Waals surface area contributed by atoms with Gasteiger partial charge in [-0.25, -0.2) is 0 Å². The molecule has 0 aromatic heterocycles. The van der Waals surface area contributed by atoms with Gasteiger partial charge in [0.15, 0.2) is 0 Å². The lowest BCUT2D eigenvalue weighted by Gasteiger charge is -2.36. The molecule has 7 heteroatoms. The Morgan fingerprint density at radius 3 is 2.46 bits per heavy atom. The van der Waals surface area contributed by atoms with Gasteiger partial charge in [0.1, 0.15) is 5.75 Å². The molecule has 3 nitrogen and oxygen atoms in total. The Bertz CT molecular complexity index is 543. The van der Waals surface area contributed by atoms with Gasteiger partial charge >= 0.3 is 6.18 Å². The third kappa shape index (κ3) is 4.55. The van der Waals surface area contributed by atoms with E-state index in [1.807, 2.05) is 0 Å². The van der Waals surface area contributed by atoms with Gasteiger partial charge in [-0.3, -0.25) is 4.90 Å². The Hall–Kier alpha value is -0.980. The van der Waals surface area contributed by atoms with Gasteiger partial charge in [-0.1, -0.05) is 18.9 Å². The quantitative estimate of drug-likeness (QED) is 0.858. The van der Waals surface area contributed by atoms with E-state index in [0.717, 1.165) is 44.2 Å². The fourth-order valence-electron chi connectivity index (χ4n) is 3.30. The third-order valence-corrected chi connectivity index (χ3v) is 4.77. The predicted octanol–water partition coefficient (Wildman–Crippen LogP) is 3.88. The highest BCUT2D eigenvalue weighted by Crippen LogP contribution is 2.43. The van der Waals surface area contributed by atoms with E-state index in [0.29, 0.717) is 11.7 Å². The maximum absolute atomic E-state index is 12.9. The topological polar surface area (TPSA) is 24.5 Å². The summed E-state index contributed by atoms with van der Waals surface area (Å²) in [4.78, 5) is 2.37. The first kappa shape index (κ1) is 19.3. The van der Waals surface area contributed by atoms with Crippen molar-refractivity contribution in [3.8, 4) is 5.75 Å². The Balaban J connectivity index is 0.00000208. The van der Waals surface area contributed by atoms with Gasteiger partial charge in [0.2, 0.25) is 0 Å². The monoisotopic (exact) mass is 364 g/mol. The molecule has 1 aromatic carbocycles. The van der Waals surface area contributed by atoms with E-state index in [1.165, 1.54) is 26.0 Å². The Morgan fingerprint density at radius 1 is 1.25 bits per heavy atom. The van der Waals surface area contributed by atoms with Crippen LogP contribution in [0.15, 0.2) is 18.2 Å². The van der Waals surface area contributed by atoms with Gasteiger partial charge in [-0.15, -0.1) is 12.4 Å². The zero-order valence-corrected chi connectivity index (χ0v) is 14.6. The molecule has 2 fully saturated rings. The molecule has 136 valence electrons. The SMILES string of the molecule is COc1cc(C(F)(F)F)ccc1[C@@H](CC1CC1)N1CCNCC1.Cl. The molecule has 0 spiro atoms. The second kappa shape index (κ2) is 7.93. The Labute approximate surface area is 147 Å². The lowest BCUT2D eigenvalue weighted by molar-refractivity contribution is -0.137. The van der Waals surface area contributed by atoms with Crippen molar-refractivity contribution in [3.05, 3.63) is 29.3 Å². The molecule has 1 saturated carbocycles. The van der Waals surface area contributed by atoms with Crippen LogP contribution in [0.3, 0.4) is 0 Å². The van der Waals surface area contributed by atoms with Crippen molar-refractivity contribution in [2.75, 3.05) is 33.3 Å². The summed E-state index contributed by atoms with van der Waals surface area (Å²) in [6.45, 7) is 3.68. The summed E-state index contributed by atoms with van der Waals surface area (Å²) in [5.74, 6) is 1.05. The summed E-state index contributed by atoms with van der Waals surface area (Å²) >= 11 is 0. The average Bonchev–Trinajstić information content (AvgIpc) is 3.36. The minimum absolute atomic E-state index is 0. The minimum atomic E-state index is -4.34.